The van der Waals surface area contributed by atoms with Crippen LogP contribution in [0.1, 0.15) is 44.7 Å². The molecule has 0 aromatic heterocycles. The average Bonchev–Trinajstić information content (AvgIpc) is 2.61. The number of benzene rings is 1. The number of sulfonamides is 1. The molecule has 0 radical (unpaired) electrons. The van der Waals surface area contributed by atoms with E-state index < -0.39 is 10.0 Å². The Balaban J connectivity index is 1.83. The van der Waals surface area contributed by atoms with Gasteiger partial charge in [-0.05, 0) is 48.8 Å². The summed E-state index contributed by atoms with van der Waals surface area (Å²) in [6, 6.07) is 8.38. The van der Waals surface area contributed by atoms with Crippen LogP contribution in [-0.4, -0.2) is 51.8 Å². The summed E-state index contributed by atoms with van der Waals surface area (Å²) in [6.07, 6.45) is 2.45. The molecule has 0 saturated carbocycles. The number of hydrogen-bond acceptors (Lipinski definition) is 3. The van der Waals surface area contributed by atoms with Crippen molar-refractivity contribution in [2.24, 2.45) is 5.92 Å². The lowest BCUT2D eigenvalue weighted by Crippen LogP contribution is -2.47. The molecule has 1 aliphatic heterocycles. The number of likely N-dealkylation sites (tertiary alicyclic amines) is 1. The third kappa shape index (κ3) is 6.81. The van der Waals surface area contributed by atoms with Gasteiger partial charge in [-0.2, -0.15) is 0 Å². The number of piperidine rings is 1. The minimum atomic E-state index is -3.25. The SMILES string of the molecule is CNS(=O)(=O)CC1CCCN(C(=O)NCCc2cccc(C(C)(C)C)c2)C1. The normalized spacial score (nSPS) is 18.4. The summed E-state index contributed by atoms with van der Waals surface area (Å²) in [5.74, 6) is 0.0674. The summed E-state index contributed by atoms with van der Waals surface area (Å²) >= 11 is 0. The van der Waals surface area contributed by atoms with Crippen LogP contribution < -0.4 is 10.0 Å². The molecule has 6 nitrogen and oxygen atoms in total. The Morgan fingerprint density at radius 1 is 1.30 bits per heavy atom. The second-order valence-electron chi connectivity index (χ2n) is 8.37. The molecule has 1 heterocycles. The van der Waals surface area contributed by atoms with Crippen LogP contribution in [0.5, 0.6) is 0 Å². The Bertz CT molecular complexity index is 741. The number of carbonyl (C=O) groups excluding carboxylic acids is 1. The molecule has 1 unspecified atom stereocenters. The summed E-state index contributed by atoms with van der Waals surface area (Å²) in [5, 5.41) is 2.98. The van der Waals surface area contributed by atoms with Crippen LogP contribution in [0.15, 0.2) is 24.3 Å². The van der Waals surface area contributed by atoms with Gasteiger partial charge in [0, 0.05) is 19.6 Å². The van der Waals surface area contributed by atoms with Gasteiger partial charge >= 0.3 is 6.03 Å². The van der Waals surface area contributed by atoms with Crippen LogP contribution in [0.2, 0.25) is 0 Å². The Labute approximate surface area is 163 Å². The van der Waals surface area contributed by atoms with Crippen molar-refractivity contribution in [3.05, 3.63) is 35.4 Å². The first-order valence-corrected chi connectivity index (χ1v) is 11.3. The molecule has 0 spiro atoms. The van der Waals surface area contributed by atoms with Crippen molar-refractivity contribution in [1.82, 2.24) is 14.9 Å². The quantitative estimate of drug-likeness (QED) is 0.777. The monoisotopic (exact) mass is 395 g/mol. The number of nitrogens with one attached hydrogen (secondary N) is 2. The predicted octanol–water partition coefficient (Wildman–Crippen LogP) is 2.50. The lowest BCUT2D eigenvalue weighted by molar-refractivity contribution is 0.170. The van der Waals surface area contributed by atoms with E-state index in [0.29, 0.717) is 19.6 Å². The first-order chi connectivity index (χ1) is 12.6. The molecule has 2 N–H and O–H groups in total. The zero-order valence-corrected chi connectivity index (χ0v) is 17.7. The third-order valence-electron chi connectivity index (χ3n) is 5.06. The molecule has 152 valence electrons. The Morgan fingerprint density at radius 2 is 2.04 bits per heavy atom. The topological polar surface area (TPSA) is 78.5 Å². The fourth-order valence-electron chi connectivity index (χ4n) is 3.40. The molecule has 0 aliphatic carbocycles. The van der Waals surface area contributed by atoms with Gasteiger partial charge in [0.05, 0.1) is 5.75 Å². The van der Waals surface area contributed by atoms with Gasteiger partial charge in [-0.15, -0.1) is 0 Å². The highest BCUT2D eigenvalue weighted by Crippen LogP contribution is 2.23. The van der Waals surface area contributed by atoms with Crippen molar-refractivity contribution < 1.29 is 13.2 Å². The second kappa shape index (κ2) is 9.06. The van der Waals surface area contributed by atoms with Crippen molar-refractivity contribution in [3.63, 3.8) is 0 Å². The summed E-state index contributed by atoms with van der Waals surface area (Å²) in [4.78, 5) is 14.2. The Hall–Kier alpha value is -1.60. The molecule has 1 saturated heterocycles. The molecular weight excluding hydrogens is 362 g/mol. The van der Waals surface area contributed by atoms with E-state index in [1.165, 1.54) is 18.2 Å². The maximum absolute atomic E-state index is 12.4. The van der Waals surface area contributed by atoms with Gasteiger partial charge in [-0.3, -0.25) is 0 Å². The van der Waals surface area contributed by atoms with Crippen LogP contribution in [0.3, 0.4) is 0 Å². The van der Waals surface area contributed by atoms with Crippen molar-refractivity contribution in [2.45, 2.75) is 45.4 Å². The molecule has 1 aliphatic rings. The van der Waals surface area contributed by atoms with E-state index in [1.807, 2.05) is 0 Å². The van der Waals surface area contributed by atoms with Gasteiger partial charge in [-0.25, -0.2) is 17.9 Å². The standard InChI is InChI=1S/C20H33N3O3S/c1-20(2,3)18-9-5-7-16(13-18)10-11-22-19(24)23-12-6-8-17(14-23)15-27(25,26)21-4/h5,7,9,13,17,21H,6,8,10-12,14-15H2,1-4H3,(H,22,24). The fourth-order valence-corrected chi connectivity index (χ4v) is 4.46. The lowest BCUT2D eigenvalue weighted by atomic mass is 9.86. The molecule has 2 rings (SSSR count). The molecule has 1 atom stereocenters. The highest BCUT2D eigenvalue weighted by atomic mass is 32.2. The van der Waals surface area contributed by atoms with Crippen LogP contribution in [0.25, 0.3) is 0 Å². The van der Waals surface area contributed by atoms with Gasteiger partial charge < -0.3 is 10.2 Å². The largest absolute Gasteiger partial charge is 0.338 e. The van der Waals surface area contributed by atoms with Gasteiger partial charge in [-0.1, -0.05) is 45.0 Å². The van der Waals surface area contributed by atoms with E-state index in [4.69, 9.17) is 0 Å². The molecule has 1 fully saturated rings. The molecule has 7 heteroatoms. The highest BCUT2D eigenvalue weighted by Gasteiger charge is 2.26. The maximum atomic E-state index is 12.4. The zero-order chi connectivity index (χ0) is 20.1. The molecule has 1 aromatic rings. The van der Waals surface area contributed by atoms with Crippen molar-refractivity contribution in [3.8, 4) is 0 Å². The van der Waals surface area contributed by atoms with Gasteiger partial charge in [0.1, 0.15) is 0 Å². The number of rotatable bonds is 6. The van der Waals surface area contributed by atoms with Crippen molar-refractivity contribution >= 4 is 16.1 Å². The smallest absolute Gasteiger partial charge is 0.317 e. The van der Waals surface area contributed by atoms with Crippen LogP contribution >= 0.6 is 0 Å². The Kier molecular flexibility index (Phi) is 7.28. The van der Waals surface area contributed by atoms with Gasteiger partial charge in [0.2, 0.25) is 10.0 Å². The van der Waals surface area contributed by atoms with E-state index in [1.54, 1.807) is 4.90 Å². The van der Waals surface area contributed by atoms with Gasteiger partial charge in [0.15, 0.2) is 0 Å². The minimum Gasteiger partial charge on any atom is -0.338 e. The first kappa shape index (κ1) is 21.7. The number of amides is 2. The van der Waals surface area contributed by atoms with Crippen LogP contribution in [0, 0.1) is 5.92 Å². The number of nitrogens with zero attached hydrogens (tertiary/aromatic N) is 1. The zero-order valence-electron chi connectivity index (χ0n) is 16.9. The number of hydrogen-bond donors (Lipinski definition) is 2. The van der Waals surface area contributed by atoms with E-state index in [9.17, 15) is 13.2 Å². The highest BCUT2D eigenvalue weighted by molar-refractivity contribution is 7.89. The Morgan fingerprint density at radius 3 is 2.70 bits per heavy atom. The minimum absolute atomic E-state index is 0.00887. The summed E-state index contributed by atoms with van der Waals surface area (Å²) in [5.41, 5.74) is 2.60. The van der Waals surface area contributed by atoms with Crippen molar-refractivity contribution in [2.75, 3.05) is 32.4 Å². The summed E-state index contributed by atoms with van der Waals surface area (Å²) < 4.78 is 25.8. The van der Waals surface area contributed by atoms with Crippen LogP contribution in [-0.2, 0) is 21.9 Å². The summed E-state index contributed by atoms with van der Waals surface area (Å²) in [6.45, 7) is 8.31. The van der Waals surface area contributed by atoms with E-state index in [0.717, 1.165) is 19.3 Å². The third-order valence-corrected chi connectivity index (χ3v) is 6.59. The number of urea groups is 1. The van der Waals surface area contributed by atoms with E-state index >= 15 is 0 Å². The average molecular weight is 396 g/mol. The molecule has 27 heavy (non-hydrogen) atoms. The van der Waals surface area contributed by atoms with Gasteiger partial charge in [0.25, 0.3) is 0 Å². The summed E-state index contributed by atoms with van der Waals surface area (Å²) in [7, 11) is -1.82. The first-order valence-electron chi connectivity index (χ1n) is 9.64. The molecule has 0 bridgehead atoms. The maximum Gasteiger partial charge on any atom is 0.317 e. The van der Waals surface area contributed by atoms with E-state index in [2.05, 4.69) is 55.1 Å². The predicted molar refractivity (Wildman–Crippen MR) is 109 cm³/mol. The number of carbonyl (C=O) groups is 1. The fraction of sp³-hybridized carbons (Fsp3) is 0.650. The van der Waals surface area contributed by atoms with Crippen molar-refractivity contribution in [1.29, 1.82) is 0 Å². The van der Waals surface area contributed by atoms with E-state index in [-0.39, 0.29) is 23.1 Å². The second-order valence-corrected chi connectivity index (χ2v) is 10.3. The molecule has 2 amide bonds. The lowest BCUT2D eigenvalue weighted by Gasteiger charge is -2.32. The van der Waals surface area contributed by atoms with Crippen LogP contribution in [0.4, 0.5) is 4.79 Å². The molecule has 1 aromatic carbocycles. The molecular formula is C20H33N3O3S.